The molecular weight excluding hydrogens is 178 g/mol. The summed E-state index contributed by atoms with van der Waals surface area (Å²) in [5, 5.41) is 5.83. The van der Waals surface area contributed by atoms with Crippen molar-refractivity contribution in [3.63, 3.8) is 0 Å². The number of aryl methyl sites for hydroxylation is 1. The monoisotopic (exact) mass is 195 g/mol. The molecule has 0 saturated carbocycles. The predicted octanol–water partition coefficient (Wildman–Crippen LogP) is 3.13. The highest BCUT2D eigenvalue weighted by atomic mass is 32.1. The second-order valence-electron chi connectivity index (χ2n) is 3.67. The minimum absolute atomic E-state index is 0.656. The Kier molecular flexibility index (Phi) is 3.01. The summed E-state index contributed by atoms with van der Waals surface area (Å²) in [4.78, 5) is 1.59. The molecule has 0 aromatic carbocycles. The van der Waals surface area contributed by atoms with Crippen molar-refractivity contribution < 1.29 is 0 Å². The third kappa shape index (κ3) is 1.94. The van der Waals surface area contributed by atoms with Gasteiger partial charge in [0.05, 0.1) is 0 Å². The SMILES string of the molecule is CCc1ccsc1C1CCCCN1. The van der Waals surface area contributed by atoms with Crippen LogP contribution in [0.1, 0.15) is 42.7 Å². The summed E-state index contributed by atoms with van der Waals surface area (Å²) < 4.78 is 0. The molecule has 1 N–H and O–H groups in total. The van der Waals surface area contributed by atoms with Crippen LogP contribution in [0.4, 0.5) is 0 Å². The van der Waals surface area contributed by atoms with Gasteiger partial charge in [-0.2, -0.15) is 0 Å². The highest BCUT2D eigenvalue weighted by Crippen LogP contribution is 2.30. The lowest BCUT2D eigenvalue weighted by molar-refractivity contribution is 0.415. The molecule has 0 amide bonds. The van der Waals surface area contributed by atoms with E-state index in [-0.39, 0.29) is 0 Å². The van der Waals surface area contributed by atoms with E-state index in [1.54, 1.807) is 10.4 Å². The third-order valence-electron chi connectivity index (χ3n) is 2.79. The number of hydrogen-bond acceptors (Lipinski definition) is 2. The zero-order valence-electron chi connectivity index (χ0n) is 8.18. The zero-order valence-corrected chi connectivity index (χ0v) is 8.99. The van der Waals surface area contributed by atoms with Gasteiger partial charge >= 0.3 is 0 Å². The topological polar surface area (TPSA) is 12.0 Å². The normalized spacial score (nSPS) is 23.3. The molecular formula is C11H17NS. The van der Waals surface area contributed by atoms with Gasteiger partial charge in [-0.3, -0.25) is 0 Å². The Morgan fingerprint density at radius 3 is 3.15 bits per heavy atom. The smallest absolute Gasteiger partial charge is 0.0417 e. The van der Waals surface area contributed by atoms with Gasteiger partial charge in [-0.25, -0.2) is 0 Å². The summed E-state index contributed by atoms with van der Waals surface area (Å²) in [5.41, 5.74) is 1.55. The van der Waals surface area contributed by atoms with Crippen LogP contribution < -0.4 is 5.32 Å². The van der Waals surface area contributed by atoms with Gasteiger partial charge in [-0.15, -0.1) is 11.3 Å². The standard InChI is InChI=1S/C11H17NS/c1-2-9-6-8-13-11(9)10-5-3-4-7-12-10/h6,8,10,12H,2-5,7H2,1H3. The van der Waals surface area contributed by atoms with E-state index < -0.39 is 0 Å². The molecule has 0 bridgehead atoms. The number of rotatable bonds is 2. The number of piperidine rings is 1. The van der Waals surface area contributed by atoms with Gasteiger partial charge in [0.25, 0.3) is 0 Å². The van der Waals surface area contributed by atoms with E-state index in [0.717, 1.165) is 0 Å². The lowest BCUT2D eigenvalue weighted by Gasteiger charge is -2.23. The molecule has 1 saturated heterocycles. The summed E-state index contributed by atoms with van der Waals surface area (Å²) in [6, 6.07) is 2.93. The quantitative estimate of drug-likeness (QED) is 0.764. The first-order chi connectivity index (χ1) is 6.42. The third-order valence-corrected chi connectivity index (χ3v) is 3.86. The van der Waals surface area contributed by atoms with E-state index in [9.17, 15) is 0 Å². The second kappa shape index (κ2) is 4.25. The molecule has 1 aliphatic rings. The molecule has 2 heteroatoms. The molecule has 0 radical (unpaired) electrons. The number of nitrogens with one attached hydrogen (secondary N) is 1. The van der Waals surface area contributed by atoms with E-state index in [2.05, 4.69) is 23.7 Å². The van der Waals surface area contributed by atoms with Crippen LogP contribution in [0, 0.1) is 0 Å². The summed E-state index contributed by atoms with van der Waals surface area (Å²) in [6.45, 7) is 3.44. The van der Waals surface area contributed by atoms with Crippen molar-refractivity contribution in [2.75, 3.05) is 6.54 Å². The first kappa shape index (κ1) is 9.22. The van der Waals surface area contributed by atoms with Gasteiger partial charge < -0.3 is 5.32 Å². The lowest BCUT2D eigenvalue weighted by Crippen LogP contribution is -2.26. The van der Waals surface area contributed by atoms with Crippen molar-refractivity contribution in [1.29, 1.82) is 0 Å². The Labute approximate surface area is 84.2 Å². The van der Waals surface area contributed by atoms with Crippen molar-refractivity contribution >= 4 is 11.3 Å². The molecule has 1 aliphatic heterocycles. The van der Waals surface area contributed by atoms with Gasteiger partial charge in [0.2, 0.25) is 0 Å². The molecule has 1 aromatic heterocycles. The molecule has 1 nitrogen and oxygen atoms in total. The van der Waals surface area contributed by atoms with E-state index in [4.69, 9.17) is 0 Å². The minimum atomic E-state index is 0.656. The number of hydrogen-bond donors (Lipinski definition) is 1. The van der Waals surface area contributed by atoms with Crippen LogP contribution in [0.15, 0.2) is 11.4 Å². The van der Waals surface area contributed by atoms with Crippen LogP contribution in [0.3, 0.4) is 0 Å². The van der Waals surface area contributed by atoms with Crippen molar-refractivity contribution in [2.24, 2.45) is 0 Å². The van der Waals surface area contributed by atoms with Crippen LogP contribution in [0.2, 0.25) is 0 Å². The maximum atomic E-state index is 3.61. The molecule has 0 spiro atoms. The van der Waals surface area contributed by atoms with E-state index in [0.29, 0.717) is 6.04 Å². The van der Waals surface area contributed by atoms with Gasteiger partial charge in [0, 0.05) is 10.9 Å². The number of thiophene rings is 1. The molecule has 1 atom stereocenters. The maximum Gasteiger partial charge on any atom is 0.0417 e. The Hall–Kier alpha value is -0.340. The molecule has 1 fully saturated rings. The van der Waals surface area contributed by atoms with E-state index in [1.807, 2.05) is 11.3 Å². The first-order valence-electron chi connectivity index (χ1n) is 5.21. The highest BCUT2D eigenvalue weighted by Gasteiger charge is 2.17. The minimum Gasteiger partial charge on any atom is -0.309 e. The summed E-state index contributed by atoms with van der Waals surface area (Å²) in [6.07, 6.45) is 5.24. The summed E-state index contributed by atoms with van der Waals surface area (Å²) in [5.74, 6) is 0. The first-order valence-corrected chi connectivity index (χ1v) is 6.09. The van der Waals surface area contributed by atoms with Gasteiger partial charge in [-0.1, -0.05) is 13.3 Å². The Morgan fingerprint density at radius 2 is 2.46 bits per heavy atom. The summed E-state index contributed by atoms with van der Waals surface area (Å²) in [7, 11) is 0. The fraction of sp³-hybridized carbons (Fsp3) is 0.636. The van der Waals surface area contributed by atoms with Crippen LogP contribution in [0.25, 0.3) is 0 Å². The van der Waals surface area contributed by atoms with Crippen LogP contribution >= 0.6 is 11.3 Å². The Bertz CT molecular complexity index is 261. The fourth-order valence-electron chi connectivity index (χ4n) is 2.02. The molecule has 2 heterocycles. The van der Waals surface area contributed by atoms with E-state index >= 15 is 0 Å². The largest absolute Gasteiger partial charge is 0.309 e. The predicted molar refractivity (Wildman–Crippen MR) is 58.3 cm³/mol. The molecule has 72 valence electrons. The summed E-state index contributed by atoms with van der Waals surface area (Å²) >= 11 is 1.92. The van der Waals surface area contributed by atoms with E-state index in [1.165, 1.54) is 32.2 Å². The van der Waals surface area contributed by atoms with Crippen LogP contribution in [-0.2, 0) is 6.42 Å². The average molecular weight is 195 g/mol. The molecule has 1 unspecified atom stereocenters. The molecule has 13 heavy (non-hydrogen) atoms. The van der Waals surface area contributed by atoms with Crippen molar-refractivity contribution in [2.45, 2.75) is 38.6 Å². The van der Waals surface area contributed by atoms with Crippen LogP contribution in [-0.4, -0.2) is 6.54 Å². The Balaban J connectivity index is 2.13. The lowest BCUT2D eigenvalue weighted by atomic mass is 10.0. The zero-order chi connectivity index (χ0) is 9.10. The second-order valence-corrected chi connectivity index (χ2v) is 4.61. The van der Waals surface area contributed by atoms with Gasteiger partial charge in [-0.05, 0) is 42.8 Å². The van der Waals surface area contributed by atoms with Crippen molar-refractivity contribution in [3.05, 3.63) is 21.9 Å². The van der Waals surface area contributed by atoms with Crippen molar-refractivity contribution in [3.8, 4) is 0 Å². The highest BCUT2D eigenvalue weighted by molar-refractivity contribution is 7.10. The molecule has 1 aromatic rings. The Morgan fingerprint density at radius 1 is 1.54 bits per heavy atom. The molecule has 2 rings (SSSR count). The average Bonchev–Trinajstić information content (AvgIpc) is 2.67. The molecule has 0 aliphatic carbocycles. The maximum absolute atomic E-state index is 3.61. The van der Waals surface area contributed by atoms with Crippen LogP contribution in [0.5, 0.6) is 0 Å². The van der Waals surface area contributed by atoms with Crippen molar-refractivity contribution in [1.82, 2.24) is 5.32 Å². The van der Waals surface area contributed by atoms with Gasteiger partial charge in [0.15, 0.2) is 0 Å². The van der Waals surface area contributed by atoms with Gasteiger partial charge in [0.1, 0.15) is 0 Å². The fourth-order valence-corrected chi connectivity index (χ4v) is 3.13.